The Morgan fingerprint density at radius 2 is 1.66 bits per heavy atom. The summed E-state index contributed by atoms with van der Waals surface area (Å²) < 4.78 is 79.0. The average molecular weight is 522 g/mol. The van der Waals surface area contributed by atoms with Gasteiger partial charge >= 0.3 is 12.4 Å². The van der Waals surface area contributed by atoms with E-state index in [1.54, 1.807) is 0 Å². The van der Waals surface area contributed by atoms with Crippen molar-refractivity contribution in [2.75, 3.05) is 5.43 Å². The zero-order chi connectivity index (χ0) is 23.5. The van der Waals surface area contributed by atoms with Gasteiger partial charge in [-0.05, 0) is 34.1 Å². The van der Waals surface area contributed by atoms with Gasteiger partial charge in [-0.3, -0.25) is 20.6 Å². The molecule has 2 aromatic heterocycles. The fourth-order valence-electron chi connectivity index (χ4n) is 2.27. The van der Waals surface area contributed by atoms with E-state index in [4.69, 9.17) is 0 Å². The van der Waals surface area contributed by atoms with E-state index in [1.165, 1.54) is 18.6 Å². The molecule has 1 aromatic carbocycles. The highest BCUT2D eigenvalue weighted by Crippen LogP contribution is 2.38. The molecule has 3 rings (SSSR count). The van der Waals surface area contributed by atoms with Gasteiger partial charge in [-0.2, -0.15) is 26.3 Å². The second-order valence-electron chi connectivity index (χ2n) is 5.99. The van der Waals surface area contributed by atoms with Gasteiger partial charge in [0.05, 0.1) is 23.5 Å². The Hall–Kier alpha value is -3.49. The number of aromatic nitrogens is 5. The molecule has 0 radical (unpaired) electrons. The zero-order valence-electron chi connectivity index (χ0n) is 15.4. The van der Waals surface area contributed by atoms with Crippen LogP contribution >= 0.6 is 15.9 Å². The molecule has 0 atom stereocenters. The molecule has 1 amide bonds. The van der Waals surface area contributed by atoms with Crippen LogP contribution in [0.4, 0.5) is 32.2 Å². The van der Waals surface area contributed by atoms with Crippen molar-refractivity contribution in [3.63, 3.8) is 0 Å². The summed E-state index contributed by atoms with van der Waals surface area (Å²) in [6.45, 7) is 0. The number of alkyl halides is 6. The van der Waals surface area contributed by atoms with Crippen LogP contribution in [0.3, 0.4) is 0 Å². The fraction of sp³-hybridized carbons (Fsp3) is 0.118. The molecule has 0 aliphatic carbocycles. The molecule has 0 fully saturated rings. The van der Waals surface area contributed by atoms with Crippen molar-refractivity contribution in [2.45, 2.75) is 12.4 Å². The molecule has 2 N–H and O–H groups in total. The lowest BCUT2D eigenvalue weighted by molar-refractivity contribution is -0.143. The largest absolute Gasteiger partial charge is 0.416 e. The molecule has 0 aliphatic rings. The van der Waals surface area contributed by atoms with Crippen molar-refractivity contribution in [2.24, 2.45) is 0 Å². The van der Waals surface area contributed by atoms with Crippen molar-refractivity contribution in [1.82, 2.24) is 30.2 Å². The number of nitrogens with zero attached hydrogens (tertiary/aromatic N) is 5. The Bertz CT molecular complexity index is 1110. The van der Waals surface area contributed by atoms with Crippen LogP contribution in [0.5, 0.6) is 0 Å². The summed E-state index contributed by atoms with van der Waals surface area (Å²) in [6, 6.07) is 1.02. The molecular weight excluding hydrogens is 512 g/mol. The lowest BCUT2D eigenvalue weighted by Gasteiger charge is -2.13. The highest BCUT2D eigenvalue weighted by Gasteiger charge is 2.37. The lowest BCUT2D eigenvalue weighted by atomic mass is 10.0. The zero-order valence-corrected chi connectivity index (χ0v) is 17.0. The van der Waals surface area contributed by atoms with Gasteiger partial charge in [0, 0.05) is 18.0 Å². The normalized spacial score (nSPS) is 12.5. The molecule has 32 heavy (non-hydrogen) atoms. The molecule has 8 nitrogen and oxygen atoms in total. The smallest absolute Gasteiger partial charge is 0.280 e. The number of carbonyl (C=O) groups excluding carboxylic acids is 1. The predicted molar refractivity (Wildman–Crippen MR) is 102 cm³/mol. The van der Waals surface area contributed by atoms with Crippen LogP contribution in [0.25, 0.3) is 17.6 Å². The molecule has 0 bridgehead atoms. The molecule has 0 spiro atoms. The second-order valence-corrected chi connectivity index (χ2v) is 6.84. The molecule has 0 aliphatic heterocycles. The van der Waals surface area contributed by atoms with Gasteiger partial charge in [0.1, 0.15) is 10.8 Å². The Morgan fingerprint density at radius 1 is 1.00 bits per heavy atom. The summed E-state index contributed by atoms with van der Waals surface area (Å²) in [6.07, 6.45) is -3.76. The molecular formula is C17H10BrF6N7O. The van der Waals surface area contributed by atoms with Crippen LogP contribution in [0, 0.1) is 0 Å². The second kappa shape index (κ2) is 8.94. The SMILES string of the molecule is O=C(NNc1cnccn1)C(Br)=Cn1cnc(-c2cc(C(F)(F)F)cc(C(F)(F)F)c2)n1. The predicted octanol–water partition coefficient (Wildman–Crippen LogP) is 4.11. The molecule has 0 saturated carbocycles. The molecule has 0 unspecified atom stereocenters. The molecule has 168 valence electrons. The van der Waals surface area contributed by atoms with Gasteiger partial charge < -0.3 is 0 Å². The van der Waals surface area contributed by atoms with E-state index in [1.807, 2.05) is 0 Å². The average Bonchev–Trinajstić information content (AvgIpc) is 3.19. The van der Waals surface area contributed by atoms with E-state index >= 15 is 0 Å². The number of hydrazine groups is 1. The Balaban J connectivity index is 1.82. The van der Waals surface area contributed by atoms with Gasteiger partial charge in [-0.25, -0.2) is 14.6 Å². The summed E-state index contributed by atoms with van der Waals surface area (Å²) in [5.41, 5.74) is 1.28. The topological polar surface area (TPSA) is 97.6 Å². The summed E-state index contributed by atoms with van der Waals surface area (Å²) in [5, 5.41) is 3.81. The van der Waals surface area contributed by atoms with Crippen molar-refractivity contribution >= 4 is 33.9 Å². The van der Waals surface area contributed by atoms with Gasteiger partial charge in [-0.15, -0.1) is 5.10 Å². The standard InChI is InChI=1S/C17H10BrF6N7O/c18-12(15(32)29-28-13-6-25-1-2-26-13)7-31-8-27-14(30-31)9-3-10(16(19,20)21)5-11(4-9)17(22,23)24/h1-8H,(H,26,28)(H,29,32). The number of hydrogen-bond acceptors (Lipinski definition) is 6. The first-order chi connectivity index (χ1) is 14.9. The number of halogens is 7. The van der Waals surface area contributed by atoms with E-state index in [0.29, 0.717) is 12.1 Å². The molecule has 2 heterocycles. The summed E-state index contributed by atoms with van der Waals surface area (Å²) in [5.74, 6) is -0.850. The summed E-state index contributed by atoms with van der Waals surface area (Å²) in [4.78, 5) is 23.4. The van der Waals surface area contributed by atoms with Gasteiger partial charge in [0.15, 0.2) is 11.6 Å². The monoisotopic (exact) mass is 521 g/mol. The lowest BCUT2D eigenvalue weighted by Crippen LogP contribution is -2.29. The first kappa shape index (κ1) is 23.2. The van der Waals surface area contributed by atoms with E-state index < -0.39 is 40.8 Å². The summed E-state index contributed by atoms with van der Waals surface area (Å²) >= 11 is 2.98. The third-order valence-corrected chi connectivity index (χ3v) is 4.25. The number of anilines is 1. The molecule has 15 heteroatoms. The number of amides is 1. The first-order valence-electron chi connectivity index (χ1n) is 8.34. The first-order valence-corrected chi connectivity index (χ1v) is 9.13. The third-order valence-electron chi connectivity index (χ3n) is 3.68. The highest BCUT2D eigenvalue weighted by atomic mass is 79.9. The summed E-state index contributed by atoms with van der Waals surface area (Å²) in [7, 11) is 0. The third kappa shape index (κ3) is 5.81. The maximum atomic E-state index is 13.0. The number of hydrogen-bond donors (Lipinski definition) is 2. The Labute approximate surface area is 183 Å². The van der Waals surface area contributed by atoms with Crippen LogP contribution < -0.4 is 10.9 Å². The van der Waals surface area contributed by atoms with Crippen LogP contribution in [-0.4, -0.2) is 30.6 Å². The molecule has 3 aromatic rings. The minimum atomic E-state index is -5.00. The van der Waals surface area contributed by atoms with Crippen LogP contribution in [0.15, 0.2) is 47.6 Å². The Morgan fingerprint density at radius 3 is 2.22 bits per heavy atom. The highest BCUT2D eigenvalue weighted by molar-refractivity contribution is 9.12. The number of benzene rings is 1. The fourth-order valence-corrected chi connectivity index (χ4v) is 2.58. The number of nitrogens with one attached hydrogen (secondary N) is 2. The van der Waals surface area contributed by atoms with E-state index in [-0.39, 0.29) is 16.4 Å². The van der Waals surface area contributed by atoms with E-state index in [2.05, 4.69) is 46.8 Å². The maximum Gasteiger partial charge on any atom is 0.416 e. The van der Waals surface area contributed by atoms with E-state index in [9.17, 15) is 31.1 Å². The van der Waals surface area contributed by atoms with Gasteiger partial charge in [-0.1, -0.05) is 0 Å². The van der Waals surface area contributed by atoms with Gasteiger partial charge in [0.25, 0.3) is 5.91 Å². The van der Waals surface area contributed by atoms with Crippen molar-refractivity contribution < 1.29 is 31.1 Å². The van der Waals surface area contributed by atoms with Crippen LogP contribution in [-0.2, 0) is 17.1 Å². The molecule has 0 saturated heterocycles. The quantitative estimate of drug-likeness (QED) is 0.298. The number of rotatable bonds is 5. The number of carbonyl (C=O) groups is 1. The van der Waals surface area contributed by atoms with E-state index in [0.717, 1.165) is 17.2 Å². The minimum absolute atomic E-state index is 0.00539. The van der Waals surface area contributed by atoms with Crippen molar-refractivity contribution in [1.29, 1.82) is 0 Å². The Kier molecular flexibility index (Phi) is 6.47. The van der Waals surface area contributed by atoms with Crippen molar-refractivity contribution in [3.8, 4) is 11.4 Å². The maximum absolute atomic E-state index is 13.0. The minimum Gasteiger partial charge on any atom is -0.280 e. The van der Waals surface area contributed by atoms with Crippen LogP contribution in [0.1, 0.15) is 11.1 Å². The van der Waals surface area contributed by atoms with Gasteiger partial charge in [0.2, 0.25) is 0 Å². The van der Waals surface area contributed by atoms with Crippen LogP contribution in [0.2, 0.25) is 0 Å². The van der Waals surface area contributed by atoms with Crippen molar-refractivity contribution in [3.05, 3.63) is 58.7 Å².